The van der Waals surface area contributed by atoms with Gasteiger partial charge in [-0.15, -0.1) is 0 Å². The topological polar surface area (TPSA) is 55.0 Å². The third-order valence-electron chi connectivity index (χ3n) is 4.38. The molecule has 2 rings (SSSR count). The van der Waals surface area contributed by atoms with Gasteiger partial charge in [0.05, 0.1) is 0 Å². The molecule has 0 aromatic heterocycles. The third-order valence-corrected chi connectivity index (χ3v) is 4.38. The number of hydrogen-bond donors (Lipinski definition) is 0. The van der Waals surface area contributed by atoms with Crippen LogP contribution in [0.25, 0.3) is 5.53 Å². The first-order chi connectivity index (χ1) is 8.26. The van der Waals surface area contributed by atoms with Gasteiger partial charge in [0.1, 0.15) is 6.17 Å². The molecule has 1 heterocycles. The molecule has 1 aliphatic heterocycles. The van der Waals surface area contributed by atoms with Gasteiger partial charge in [-0.2, -0.15) is 0 Å². The van der Waals surface area contributed by atoms with Gasteiger partial charge in [0.25, 0.3) is 0 Å². The normalized spacial score (nSPS) is 30.5. The van der Waals surface area contributed by atoms with Crippen LogP contribution in [0.2, 0.25) is 0 Å². The van der Waals surface area contributed by atoms with Crippen molar-refractivity contribution in [3.8, 4) is 0 Å². The lowest BCUT2D eigenvalue weighted by atomic mass is 9.79. The quantitative estimate of drug-likeness (QED) is 0.694. The monoisotopic (exact) mass is 236 g/mol. The number of likely N-dealkylation sites (tertiary alicyclic amines) is 1. The first-order valence-electron chi connectivity index (χ1n) is 6.90. The largest absolute Gasteiger partial charge is 0.710 e. The molecule has 1 saturated heterocycles. The summed E-state index contributed by atoms with van der Waals surface area (Å²) >= 11 is 0. The molecule has 96 valence electrons. The van der Waals surface area contributed by atoms with Gasteiger partial charge in [0, 0.05) is 13.0 Å². The number of rotatable bonds is 3. The molecule has 0 aromatic carbocycles. The highest BCUT2D eigenvalue weighted by molar-refractivity contribution is 5.76. The Morgan fingerprint density at radius 2 is 2.00 bits per heavy atom. The minimum atomic E-state index is -0.283. The fourth-order valence-corrected chi connectivity index (χ4v) is 3.37. The summed E-state index contributed by atoms with van der Waals surface area (Å²) in [7, 11) is 0. The Kier molecular flexibility index (Phi) is 4.13. The van der Waals surface area contributed by atoms with Crippen LogP contribution in [0.5, 0.6) is 0 Å². The fraction of sp³-hybridized carbons (Fsp3) is 0.923. The van der Waals surface area contributed by atoms with Gasteiger partial charge in [0.15, 0.2) is 0 Å². The van der Waals surface area contributed by atoms with E-state index in [9.17, 15) is 4.79 Å². The lowest BCUT2D eigenvalue weighted by Gasteiger charge is -2.27. The molecule has 1 aliphatic carbocycles. The number of hydrogen-bond acceptors (Lipinski definition) is 2. The smallest absolute Gasteiger partial charge is 0.223 e. The number of amides is 1. The zero-order valence-electron chi connectivity index (χ0n) is 10.6. The highest BCUT2D eigenvalue weighted by Gasteiger charge is 2.37. The van der Waals surface area contributed by atoms with Crippen molar-refractivity contribution in [2.75, 3.05) is 6.54 Å². The van der Waals surface area contributed by atoms with Crippen LogP contribution in [0.1, 0.15) is 51.9 Å². The SMILES string of the molecule is CCC(=O)N1CC(C2CCCCC2)CC1N=[N-]. The lowest BCUT2D eigenvalue weighted by molar-refractivity contribution is -0.131. The molecular formula is C13H22N3O-. The predicted octanol–water partition coefficient (Wildman–Crippen LogP) is 3.17. The highest BCUT2D eigenvalue weighted by atomic mass is 16.2. The van der Waals surface area contributed by atoms with Gasteiger partial charge in [-0.05, 0) is 18.3 Å². The molecule has 0 spiro atoms. The van der Waals surface area contributed by atoms with Crippen LogP contribution in [0.15, 0.2) is 5.11 Å². The van der Waals surface area contributed by atoms with Crippen molar-refractivity contribution < 1.29 is 4.79 Å². The molecule has 2 atom stereocenters. The third kappa shape index (κ3) is 2.67. The maximum absolute atomic E-state index is 11.8. The van der Waals surface area contributed by atoms with Gasteiger partial charge in [-0.1, -0.05) is 39.0 Å². The zero-order chi connectivity index (χ0) is 12.3. The first-order valence-corrected chi connectivity index (χ1v) is 6.90. The molecule has 0 bridgehead atoms. The first kappa shape index (κ1) is 12.5. The molecule has 1 saturated carbocycles. The van der Waals surface area contributed by atoms with Crippen LogP contribution in [0.3, 0.4) is 0 Å². The second-order valence-corrected chi connectivity index (χ2v) is 5.39. The van der Waals surface area contributed by atoms with Crippen LogP contribution in [-0.2, 0) is 4.79 Å². The number of nitrogens with zero attached hydrogens (tertiary/aromatic N) is 3. The summed E-state index contributed by atoms with van der Waals surface area (Å²) in [5.74, 6) is 1.40. The standard InChI is InChI=1S/C13H22N3O/c1-2-13(17)16-9-11(8-12(16)15-14)10-6-4-3-5-7-10/h10-12H,2-9H2,1H3/q-1. The summed E-state index contributed by atoms with van der Waals surface area (Å²) < 4.78 is 0. The molecule has 17 heavy (non-hydrogen) atoms. The maximum Gasteiger partial charge on any atom is 0.223 e. The number of carbonyl (C=O) groups is 1. The van der Waals surface area contributed by atoms with Crippen molar-refractivity contribution in [2.45, 2.75) is 58.0 Å². The van der Waals surface area contributed by atoms with Crippen LogP contribution in [0.4, 0.5) is 0 Å². The molecule has 0 N–H and O–H groups in total. The van der Waals surface area contributed by atoms with Gasteiger partial charge < -0.3 is 15.5 Å². The number of carbonyl (C=O) groups excluding carboxylic acids is 1. The molecule has 4 heteroatoms. The Morgan fingerprint density at radius 1 is 1.29 bits per heavy atom. The minimum absolute atomic E-state index is 0.117. The molecule has 0 aromatic rings. The summed E-state index contributed by atoms with van der Waals surface area (Å²) in [6.45, 7) is 2.66. The van der Waals surface area contributed by atoms with Crippen molar-refractivity contribution >= 4 is 5.91 Å². The van der Waals surface area contributed by atoms with Crippen molar-refractivity contribution in [1.82, 2.24) is 4.90 Å². The molecule has 2 unspecified atom stereocenters. The summed E-state index contributed by atoms with van der Waals surface area (Å²) in [6, 6.07) is 0. The Bertz CT molecular complexity index is 286. The van der Waals surface area contributed by atoms with E-state index in [-0.39, 0.29) is 12.1 Å². The van der Waals surface area contributed by atoms with Gasteiger partial charge in [-0.25, -0.2) is 0 Å². The molecule has 2 fully saturated rings. The van der Waals surface area contributed by atoms with Gasteiger partial charge in [0.2, 0.25) is 5.91 Å². The summed E-state index contributed by atoms with van der Waals surface area (Å²) in [6.07, 6.45) is 7.65. The van der Waals surface area contributed by atoms with E-state index in [1.54, 1.807) is 4.90 Å². The van der Waals surface area contributed by atoms with Crippen molar-refractivity contribution in [2.24, 2.45) is 17.0 Å². The Hall–Kier alpha value is -0.930. The minimum Gasteiger partial charge on any atom is -0.710 e. The Labute approximate surface area is 103 Å². The van der Waals surface area contributed by atoms with E-state index in [0.29, 0.717) is 12.3 Å². The second-order valence-electron chi connectivity index (χ2n) is 5.39. The molecule has 1 amide bonds. The van der Waals surface area contributed by atoms with Crippen molar-refractivity contribution in [1.29, 1.82) is 0 Å². The van der Waals surface area contributed by atoms with E-state index in [2.05, 4.69) is 5.11 Å². The summed E-state index contributed by atoms with van der Waals surface area (Å²) in [5.41, 5.74) is 9.03. The maximum atomic E-state index is 11.8. The van der Waals surface area contributed by atoms with Crippen LogP contribution >= 0.6 is 0 Å². The van der Waals surface area contributed by atoms with Crippen LogP contribution in [0, 0.1) is 11.8 Å². The highest BCUT2D eigenvalue weighted by Crippen LogP contribution is 2.37. The second kappa shape index (κ2) is 5.61. The van der Waals surface area contributed by atoms with Crippen LogP contribution < -0.4 is 0 Å². The van der Waals surface area contributed by atoms with E-state index >= 15 is 0 Å². The Morgan fingerprint density at radius 3 is 2.59 bits per heavy atom. The summed E-state index contributed by atoms with van der Waals surface area (Å²) in [4.78, 5) is 13.5. The average molecular weight is 236 g/mol. The van der Waals surface area contributed by atoms with Gasteiger partial charge in [-0.3, -0.25) is 4.79 Å². The van der Waals surface area contributed by atoms with E-state index in [4.69, 9.17) is 5.53 Å². The van der Waals surface area contributed by atoms with Gasteiger partial charge >= 0.3 is 0 Å². The summed E-state index contributed by atoms with van der Waals surface area (Å²) in [5, 5.41) is 3.39. The average Bonchev–Trinajstić information content (AvgIpc) is 2.83. The van der Waals surface area contributed by atoms with E-state index in [1.165, 1.54) is 32.1 Å². The van der Waals surface area contributed by atoms with Crippen molar-refractivity contribution in [3.05, 3.63) is 5.53 Å². The van der Waals surface area contributed by atoms with Crippen LogP contribution in [-0.4, -0.2) is 23.5 Å². The van der Waals surface area contributed by atoms with E-state index in [1.807, 2.05) is 6.92 Å². The zero-order valence-corrected chi connectivity index (χ0v) is 10.6. The molecule has 2 aliphatic rings. The lowest BCUT2D eigenvalue weighted by Crippen LogP contribution is -2.34. The molecular weight excluding hydrogens is 214 g/mol. The van der Waals surface area contributed by atoms with E-state index in [0.717, 1.165) is 18.9 Å². The predicted molar refractivity (Wildman–Crippen MR) is 66.3 cm³/mol. The fourth-order valence-electron chi connectivity index (χ4n) is 3.37. The molecule has 0 radical (unpaired) electrons. The Balaban J connectivity index is 1.98. The van der Waals surface area contributed by atoms with Crippen molar-refractivity contribution in [3.63, 3.8) is 0 Å². The molecule has 4 nitrogen and oxygen atoms in total. The van der Waals surface area contributed by atoms with E-state index < -0.39 is 0 Å².